The molecule has 0 unspecified atom stereocenters. The molecule has 2 heterocycles. The second kappa shape index (κ2) is 7.66. The fraction of sp³-hybridized carbons (Fsp3) is 0.0588. The van der Waals surface area contributed by atoms with Crippen LogP contribution in [0, 0.1) is 0 Å². The number of oxazole rings is 1. The van der Waals surface area contributed by atoms with E-state index in [0.717, 1.165) is 4.88 Å². The van der Waals surface area contributed by atoms with Gasteiger partial charge < -0.3 is 9.15 Å². The highest BCUT2D eigenvalue weighted by Crippen LogP contribution is 2.24. The van der Waals surface area contributed by atoms with Crippen LogP contribution in [0.4, 0.5) is 0 Å². The summed E-state index contributed by atoms with van der Waals surface area (Å²) in [4.78, 5) is 17.0. The van der Waals surface area contributed by atoms with Gasteiger partial charge in [-0.3, -0.25) is 0 Å². The van der Waals surface area contributed by atoms with Gasteiger partial charge in [-0.1, -0.05) is 35.3 Å². The Labute approximate surface area is 152 Å². The molecule has 0 atom stereocenters. The summed E-state index contributed by atoms with van der Waals surface area (Å²) in [6, 6.07) is 8.84. The van der Waals surface area contributed by atoms with Gasteiger partial charge >= 0.3 is 5.97 Å². The third kappa shape index (κ3) is 4.26. The Balaban J connectivity index is 1.57. The topological polar surface area (TPSA) is 52.3 Å². The second-order valence-corrected chi connectivity index (χ2v) is 6.52. The molecule has 7 heteroatoms. The van der Waals surface area contributed by atoms with Crippen molar-refractivity contribution in [3.05, 3.63) is 69.4 Å². The lowest BCUT2D eigenvalue weighted by atomic mass is 10.2. The van der Waals surface area contributed by atoms with Gasteiger partial charge in [-0.15, -0.1) is 11.3 Å². The molecule has 0 saturated carbocycles. The summed E-state index contributed by atoms with van der Waals surface area (Å²) in [6.07, 6.45) is 4.35. The first-order chi connectivity index (χ1) is 11.6. The molecule has 24 heavy (non-hydrogen) atoms. The zero-order chi connectivity index (χ0) is 16.9. The number of benzene rings is 1. The minimum absolute atomic E-state index is 0.0341. The van der Waals surface area contributed by atoms with Gasteiger partial charge in [0.2, 0.25) is 5.89 Å². The minimum atomic E-state index is -0.498. The number of nitrogens with zero attached hydrogens (tertiary/aromatic N) is 1. The zero-order valence-corrected chi connectivity index (χ0v) is 14.6. The smallest absolute Gasteiger partial charge is 0.331 e. The summed E-state index contributed by atoms with van der Waals surface area (Å²) >= 11 is 13.4. The van der Waals surface area contributed by atoms with Gasteiger partial charge in [0.05, 0.1) is 4.88 Å². The number of thiophene rings is 1. The average Bonchev–Trinajstić information content (AvgIpc) is 3.23. The maximum atomic E-state index is 11.8. The highest BCUT2D eigenvalue weighted by molar-refractivity contribution is 7.13. The van der Waals surface area contributed by atoms with Crippen LogP contribution in [0.3, 0.4) is 0 Å². The number of carbonyl (C=O) groups excluding carboxylic acids is 1. The predicted octanol–water partition coefficient (Wildman–Crippen LogP) is 5.47. The van der Waals surface area contributed by atoms with E-state index >= 15 is 0 Å². The quantitative estimate of drug-likeness (QED) is 0.435. The Morgan fingerprint density at radius 1 is 1.33 bits per heavy atom. The van der Waals surface area contributed by atoms with E-state index < -0.39 is 5.97 Å². The van der Waals surface area contributed by atoms with Gasteiger partial charge in [0.15, 0.2) is 0 Å². The molecule has 4 nitrogen and oxygen atoms in total. The van der Waals surface area contributed by atoms with Crippen molar-refractivity contribution < 1.29 is 13.9 Å². The molecule has 0 saturated heterocycles. The Kier molecular flexibility index (Phi) is 5.35. The van der Waals surface area contributed by atoms with Crippen molar-refractivity contribution in [3.63, 3.8) is 0 Å². The number of aromatic nitrogens is 1. The lowest BCUT2D eigenvalue weighted by molar-refractivity contribution is -0.139. The highest BCUT2D eigenvalue weighted by Gasteiger charge is 2.09. The first-order valence-corrected chi connectivity index (χ1v) is 8.53. The molecule has 0 radical (unpaired) electrons. The van der Waals surface area contributed by atoms with Crippen molar-refractivity contribution in [3.8, 4) is 10.8 Å². The normalized spacial score (nSPS) is 11.1. The standard InChI is InChI=1S/C17H11Cl2NO3S/c18-12-5-3-11(14(19)8-12)4-6-16(21)22-9-13-10-23-17(20-13)15-2-1-7-24-15/h1-8,10H,9H2/b6-4+. The lowest BCUT2D eigenvalue weighted by Gasteiger charge is -2.00. The number of hydrogen-bond acceptors (Lipinski definition) is 5. The van der Waals surface area contributed by atoms with Crippen LogP contribution in [0.1, 0.15) is 11.3 Å². The lowest BCUT2D eigenvalue weighted by Crippen LogP contribution is -2.00. The summed E-state index contributed by atoms with van der Waals surface area (Å²) in [6.45, 7) is 0.0341. The summed E-state index contributed by atoms with van der Waals surface area (Å²) in [5.41, 5.74) is 1.23. The van der Waals surface area contributed by atoms with E-state index in [-0.39, 0.29) is 6.61 Å². The molecular weight excluding hydrogens is 369 g/mol. The predicted molar refractivity (Wildman–Crippen MR) is 95.1 cm³/mol. The van der Waals surface area contributed by atoms with Crippen LogP contribution < -0.4 is 0 Å². The fourth-order valence-electron chi connectivity index (χ4n) is 1.87. The van der Waals surface area contributed by atoms with Crippen LogP contribution in [0.2, 0.25) is 10.0 Å². The van der Waals surface area contributed by atoms with Gasteiger partial charge in [-0.2, -0.15) is 0 Å². The van der Waals surface area contributed by atoms with Crippen LogP contribution >= 0.6 is 34.5 Å². The number of esters is 1. The summed E-state index contributed by atoms with van der Waals surface area (Å²) in [5.74, 6) is 0.0150. The van der Waals surface area contributed by atoms with E-state index in [1.54, 1.807) is 24.3 Å². The molecule has 0 aliphatic carbocycles. The van der Waals surface area contributed by atoms with Crippen LogP contribution in [0.25, 0.3) is 16.8 Å². The van der Waals surface area contributed by atoms with E-state index in [2.05, 4.69) is 4.98 Å². The molecule has 0 aliphatic rings. The number of halogens is 2. The molecule has 3 rings (SSSR count). The van der Waals surface area contributed by atoms with Crippen molar-refractivity contribution in [2.75, 3.05) is 0 Å². The first kappa shape index (κ1) is 16.8. The van der Waals surface area contributed by atoms with E-state index in [9.17, 15) is 4.79 Å². The molecule has 1 aromatic carbocycles. The average molecular weight is 380 g/mol. The molecule has 0 amide bonds. The van der Waals surface area contributed by atoms with Crippen molar-refractivity contribution >= 4 is 46.6 Å². The van der Waals surface area contributed by atoms with E-state index in [1.165, 1.54) is 23.7 Å². The van der Waals surface area contributed by atoms with Crippen molar-refractivity contribution in [2.45, 2.75) is 6.61 Å². The van der Waals surface area contributed by atoms with Crippen molar-refractivity contribution in [1.29, 1.82) is 0 Å². The number of hydrogen-bond donors (Lipinski definition) is 0. The van der Waals surface area contributed by atoms with E-state index in [0.29, 0.717) is 27.2 Å². The monoisotopic (exact) mass is 379 g/mol. The number of rotatable bonds is 5. The van der Waals surface area contributed by atoms with Crippen LogP contribution in [0.5, 0.6) is 0 Å². The SMILES string of the molecule is O=C(/C=C/c1ccc(Cl)cc1Cl)OCc1coc(-c2cccs2)n1. The zero-order valence-electron chi connectivity index (χ0n) is 12.2. The molecule has 0 fully saturated rings. The molecule has 3 aromatic rings. The molecule has 0 spiro atoms. The van der Waals surface area contributed by atoms with Crippen molar-refractivity contribution in [2.24, 2.45) is 0 Å². The van der Waals surface area contributed by atoms with Gasteiger partial charge in [-0.25, -0.2) is 9.78 Å². The van der Waals surface area contributed by atoms with E-state index in [1.807, 2.05) is 17.5 Å². The summed E-state index contributed by atoms with van der Waals surface area (Å²) in [5, 5.41) is 2.93. The van der Waals surface area contributed by atoms with Crippen LogP contribution in [0.15, 0.2) is 52.5 Å². The van der Waals surface area contributed by atoms with Crippen molar-refractivity contribution in [1.82, 2.24) is 4.98 Å². The first-order valence-electron chi connectivity index (χ1n) is 6.90. The van der Waals surface area contributed by atoms with Crippen LogP contribution in [-0.4, -0.2) is 11.0 Å². The highest BCUT2D eigenvalue weighted by atomic mass is 35.5. The maximum Gasteiger partial charge on any atom is 0.331 e. The van der Waals surface area contributed by atoms with Gasteiger partial charge in [0.25, 0.3) is 0 Å². The number of ether oxygens (including phenoxy) is 1. The summed E-state index contributed by atoms with van der Waals surface area (Å²) in [7, 11) is 0. The third-order valence-electron chi connectivity index (χ3n) is 3.01. The molecule has 0 bridgehead atoms. The molecule has 122 valence electrons. The van der Waals surface area contributed by atoms with Gasteiger partial charge in [-0.05, 0) is 35.2 Å². The molecular formula is C17H11Cl2NO3S. The second-order valence-electron chi connectivity index (χ2n) is 4.73. The Bertz CT molecular complexity index is 872. The largest absolute Gasteiger partial charge is 0.456 e. The van der Waals surface area contributed by atoms with Crippen LogP contribution in [-0.2, 0) is 16.1 Å². The van der Waals surface area contributed by atoms with Gasteiger partial charge in [0.1, 0.15) is 18.6 Å². The fourth-order valence-corrected chi connectivity index (χ4v) is 3.00. The molecule has 2 aromatic heterocycles. The number of carbonyl (C=O) groups is 1. The van der Waals surface area contributed by atoms with Gasteiger partial charge in [0, 0.05) is 16.1 Å². The Hall–Kier alpha value is -2.08. The third-order valence-corrected chi connectivity index (χ3v) is 4.43. The van der Waals surface area contributed by atoms with E-state index in [4.69, 9.17) is 32.4 Å². The molecule has 0 aliphatic heterocycles. The molecule has 0 N–H and O–H groups in total. The summed E-state index contributed by atoms with van der Waals surface area (Å²) < 4.78 is 10.5. The Morgan fingerprint density at radius 3 is 2.96 bits per heavy atom. The minimum Gasteiger partial charge on any atom is -0.456 e. The Morgan fingerprint density at radius 2 is 2.21 bits per heavy atom. The maximum absolute atomic E-state index is 11.8.